The first-order valence-electron chi connectivity index (χ1n) is 10.1. The van der Waals surface area contributed by atoms with Crippen molar-refractivity contribution in [1.29, 1.82) is 0 Å². The Hall–Kier alpha value is -4.32. The second kappa shape index (κ2) is 11.2. The predicted molar refractivity (Wildman–Crippen MR) is 130 cm³/mol. The highest BCUT2D eigenvalue weighted by Crippen LogP contribution is 2.28. The van der Waals surface area contributed by atoms with Crippen LogP contribution in [0.1, 0.15) is 5.56 Å². The zero-order valence-corrected chi connectivity index (χ0v) is 20.3. The first kappa shape index (κ1) is 25.3. The smallest absolute Gasteiger partial charge is 0.321 e. The van der Waals surface area contributed by atoms with Gasteiger partial charge in [-0.15, -0.1) is 0 Å². The lowest BCUT2D eigenvalue weighted by Gasteiger charge is -2.10. The van der Waals surface area contributed by atoms with Gasteiger partial charge in [-0.2, -0.15) is 9.97 Å². The van der Waals surface area contributed by atoms with Crippen molar-refractivity contribution < 1.29 is 32.2 Å². The molecule has 3 rings (SSSR count). The van der Waals surface area contributed by atoms with E-state index in [1.54, 1.807) is 24.3 Å². The van der Waals surface area contributed by atoms with Crippen LogP contribution in [-0.4, -0.2) is 52.7 Å². The molecule has 0 aliphatic rings. The van der Waals surface area contributed by atoms with Gasteiger partial charge in [-0.1, -0.05) is 6.07 Å². The van der Waals surface area contributed by atoms with Crippen molar-refractivity contribution in [2.45, 2.75) is 4.90 Å². The number of nitrogens with one attached hydrogen (secondary N) is 2. The van der Waals surface area contributed by atoms with Gasteiger partial charge in [-0.05, 0) is 48.0 Å². The summed E-state index contributed by atoms with van der Waals surface area (Å²) in [6, 6.07) is 12.2. The highest BCUT2D eigenvalue weighted by molar-refractivity contribution is 7.92. The van der Waals surface area contributed by atoms with Crippen LogP contribution in [0, 0.1) is 0 Å². The number of amides is 1. The molecule has 0 radical (unpaired) electrons. The summed E-state index contributed by atoms with van der Waals surface area (Å²) < 4.78 is 48.2. The number of benzene rings is 2. The van der Waals surface area contributed by atoms with Crippen LogP contribution in [0.3, 0.4) is 0 Å². The van der Waals surface area contributed by atoms with Crippen molar-refractivity contribution in [2.24, 2.45) is 0 Å². The van der Waals surface area contributed by atoms with E-state index in [-0.39, 0.29) is 22.6 Å². The van der Waals surface area contributed by atoms with Crippen molar-refractivity contribution in [1.82, 2.24) is 9.97 Å². The molecule has 2 aromatic carbocycles. The maximum Gasteiger partial charge on any atom is 0.321 e. The molecule has 1 amide bonds. The minimum atomic E-state index is -3.97. The maximum absolute atomic E-state index is 12.7. The number of hydrogen-bond acceptors (Lipinski definition) is 9. The Labute approximate surface area is 202 Å². The molecule has 12 heteroatoms. The van der Waals surface area contributed by atoms with E-state index in [2.05, 4.69) is 20.0 Å². The van der Waals surface area contributed by atoms with Gasteiger partial charge in [-0.3, -0.25) is 9.52 Å². The van der Waals surface area contributed by atoms with E-state index in [0.717, 1.165) is 5.56 Å². The summed E-state index contributed by atoms with van der Waals surface area (Å²) >= 11 is 0. The van der Waals surface area contributed by atoms with Gasteiger partial charge in [0.2, 0.25) is 11.8 Å². The van der Waals surface area contributed by atoms with Crippen molar-refractivity contribution in [2.75, 3.05) is 38.5 Å². The fourth-order valence-electron chi connectivity index (χ4n) is 2.88. The normalized spacial score (nSPS) is 11.1. The molecular formula is C23H24N4O7S. The van der Waals surface area contributed by atoms with Gasteiger partial charge in [0.05, 0.1) is 33.3 Å². The number of sulfonamides is 1. The third-order valence-electron chi connectivity index (χ3n) is 4.58. The zero-order chi connectivity index (χ0) is 25.4. The molecule has 1 aromatic heterocycles. The molecule has 0 aliphatic heterocycles. The monoisotopic (exact) mass is 500 g/mol. The number of methoxy groups -OCH3 is 4. The molecule has 0 unspecified atom stereocenters. The van der Waals surface area contributed by atoms with Crippen LogP contribution in [0.2, 0.25) is 0 Å². The Morgan fingerprint density at radius 1 is 0.857 bits per heavy atom. The SMILES string of the molecule is COc1cc(NS(=O)(=O)c2ccc(NC(=O)/C=C/c3ccc(OC)c(OC)c3)cc2)nc(OC)n1. The summed E-state index contributed by atoms with van der Waals surface area (Å²) in [4.78, 5) is 20.1. The molecule has 11 nitrogen and oxygen atoms in total. The van der Waals surface area contributed by atoms with Crippen LogP contribution in [0.15, 0.2) is 59.5 Å². The summed E-state index contributed by atoms with van der Waals surface area (Å²) in [6.07, 6.45) is 2.97. The molecule has 0 saturated heterocycles. The Balaban J connectivity index is 1.67. The molecular weight excluding hydrogens is 476 g/mol. The number of aromatic nitrogens is 2. The van der Waals surface area contributed by atoms with Gasteiger partial charge >= 0.3 is 6.01 Å². The number of hydrogen-bond donors (Lipinski definition) is 2. The summed E-state index contributed by atoms with van der Waals surface area (Å²) in [7, 11) is 1.83. The lowest BCUT2D eigenvalue weighted by Crippen LogP contribution is -2.15. The zero-order valence-electron chi connectivity index (χ0n) is 19.4. The van der Waals surface area contributed by atoms with Crippen LogP contribution in [0.5, 0.6) is 23.4 Å². The standard InChI is InChI=1S/C23H24N4O7S/c1-31-18-11-5-15(13-19(18)32-2)6-12-21(28)24-16-7-9-17(10-8-16)35(29,30)27-20-14-22(33-3)26-23(25-20)34-4/h5-14H,1-4H3,(H,24,28)(H,25,26,27)/b12-6+. The second-order valence-electron chi connectivity index (χ2n) is 6.85. The molecule has 0 atom stereocenters. The average molecular weight is 501 g/mol. The second-order valence-corrected chi connectivity index (χ2v) is 8.53. The van der Waals surface area contributed by atoms with E-state index in [0.29, 0.717) is 17.2 Å². The van der Waals surface area contributed by atoms with E-state index in [1.165, 1.54) is 64.8 Å². The third kappa shape index (κ3) is 6.60. The summed E-state index contributed by atoms with van der Waals surface area (Å²) in [5, 5.41) is 2.67. The number of carbonyl (C=O) groups is 1. The molecule has 2 N–H and O–H groups in total. The molecule has 184 valence electrons. The number of ether oxygens (including phenoxy) is 4. The van der Waals surface area contributed by atoms with Crippen molar-refractivity contribution in [3.8, 4) is 23.4 Å². The van der Waals surface area contributed by atoms with Gasteiger partial charge in [0, 0.05) is 17.8 Å². The van der Waals surface area contributed by atoms with Gasteiger partial charge in [0.25, 0.3) is 10.0 Å². The molecule has 0 aliphatic carbocycles. The molecule has 3 aromatic rings. The highest BCUT2D eigenvalue weighted by Gasteiger charge is 2.17. The van der Waals surface area contributed by atoms with Crippen LogP contribution >= 0.6 is 0 Å². The Morgan fingerprint density at radius 3 is 2.20 bits per heavy atom. The van der Waals surface area contributed by atoms with Gasteiger partial charge in [-0.25, -0.2) is 8.42 Å². The first-order valence-corrected chi connectivity index (χ1v) is 11.6. The number of rotatable bonds is 10. The van der Waals surface area contributed by atoms with Gasteiger partial charge in [0.1, 0.15) is 0 Å². The maximum atomic E-state index is 12.7. The summed E-state index contributed by atoms with van der Waals surface area (Å²) in [6.45, 7) is 0. The predicted octanol–water partition coefficient (Wildman–Crippen LogP) is 2.96. The van der Waals surface area contributed by atoms with Crippen LogP contribution in [0.25, 0.3) is 6.08 Å². The lowest BCUT2D eigenvalue weighted by molar-refractivity contribution is -0.111. The Bertz CT molecular complexity index is 1300. The fourth-order valence-corrected chi connectivity index (χ4v) is 3.87. The number of nitrogens with zero attached hydrogens (tertiary/aromatic N) is 2. The van der Waals surface area contributed by atoms with E-state index in [4.69, 9.17) is 18.9 Å². The fraction of sp³-hybridized carbons (Fsp3) is 0.174. The van der Waals surface area contributed by atoms with Crippen LogP contribution < -0.4 is 29.0 Å². The molecule has 0 bridgehead atoms. The summed E-state index contributed by atoms with van der Waals surface area (Å²) in [5.74, 6) is 0.838. The quantitative estimate of drug-likeness (QED) is 0.402. The molecule has 1 heterocycles. The largest absolute Gasteiger partial charge is 0.493 e. The molecule has 35 heavy (non-hydrogen) atoms. The average Bonchev–Trinajstić information content (AvgIpc) is 2.87. The van der Waals surface area contributed by atoms with E-state index in [1.807, 2.05) is 0 Å². The van der Waals surface area contributed by atoms with Crippen LogP contribution in [-0.2, 0) is 14.8 Å². The van der Waals surface area contributed by atoms with Gasteiger partial charge < -0.3 is 24.3 Å². The van der Waals surface area contributed by atoms with E-state index in [9.17, 15) is 13.2 Å². The summed E-state index contributed by atoms with van der Waals surface area (Å²) in [5.41, 5.74) is 1.15. The number of anilines is 2. The minimum absolute atomic E-state index is 0.0219. The molecule has 0 saturated carbocycles. The van der Waals surface area contributed by atoms with Crippen molar-refractivity contribution in [3.63, 3.8) is 0 Å². The van der Waals surface area contributed by atoms with E-state index >= 15 is 0 Å². The van der Waals surface area contributed by atoms with Crippen molar-refractivity contribution >= 4 is 33.5 Å². The Kier molecular flexibility index (Phi) is 8.10. The van der Waals surface area contributed by atoms with Crippen LogP contribution in [0.4, 0.5) is 11.5 Å². The third-order valence-corrected chi connectivity index (χ3v) is 5.95. The number of carbonyl (C=O) groups excluding carboxylic acids is 1. The van der Waals surface area contributed by atoms with Gasteiger partial charge in [0.15, 0.2) is 17.3 Å². The first-order chi connectivity index (χ1) is 16.8. The molecule has 0 spiro atoms. The Morgan fingerprint density at radius 2 is 1.57 bits per heavy atom. The lowest BCUT2D eigenvalue weighted by atomic mass is 10.2. The molecule has 0 fully saturated rings. The van der Waals surface area contributed by atoms with Crippen molar-refractivity contribution in [3.05, 3.63) is 60.2 Å². The van der Waals surface area contributed by atoms with E-state index < -0.39 is 15.9 Å². The minimum Gasteiger partial charge on any atom is -0.493 e. The highest BCUT2D eigenvalue weighted by atomic mass is 32.2. The topological polar surface area (TPSA) is 138 Å².